The number of aromatic nitrogens is 2. The second kappa shape index (κ2) is 5.27. The Morgan fingerprint density at radius 3 is 2.50 bits per heavy atom. The molecule has 92 valence electrons. The molecule has 1 aromatic carbocycles. The van der Waals surface area contributed by atoms with Gasteiger partial charge in [0, 0.05) is 5.56 Å². The maximum absolute atomic E-state index is 12.0. The van der Waals surface area contributed by atoms with Gasteiger partial charge in [-0.05, 0) is 18.6 Å². The molecule has 0 bridgehead atoms. The highest BCUT2D eigenvalue weighted by molar-refractivity contribution is 6.05. The highest BCUT2D eigenvalue weighted by Crippen LogP contribution is 2.11. The number of rotatable bonds is 3. The van der Waals surface area contributed by atoms with Gasteiger partial charge < -0.3 is 10.1 Å². The third-order valence-electron chi connectivity index (χ3n) is 2.46. The van der Waals surface area contributed by atoms with Gasteiger partial charge in [-0.1, -0.05) is 18.2 Å². The predicted octanol–water partition coefficient (Wildman–Crippen LogP) is 2.05. The molecule has 0 saturated carbocycles. The van der Waals surface area contributed by atoms with E-state index in [0.717, 1.165) is 5.56 Å². The van der Waals surface area contributed by atoms with Gasteiger partial charge in [0.2, 0.25) is 0 Å². The number of nitrogens with one attached hydrogen (secondary N) is 1. The molecule has 5 nitrogen and oxygen atoms in total. The molecule has 0 aliphatic carbocycles. The monoisotopic (exact) mass is 243 g/mol. The van der Waals surface area contributed by atoms with E-state index in [1.54, 1.807) is 6.07 Å². The Hall–Kier alpha value is -2.43. The molecular weight excluding hydrogens is 230 g/mol. The molecule has 2 aromatic rings. The van der Waals surface area contributed by atoms with E-state index in [1.807, 2.05) is 25.1 Å². The predicted molar refractivity (Wildman–Crippen MR) is 67.7 cm³/mol. The summed E-state index contributed by atoms with van der Waals surface area (Å²) in [6.07, 6.45) is 3.00. The number of aryl methyl sites for hydroxylation is 1. The lowest BCUT2D eigenvalue weighted by atomic mass is 10.1. The number of hydrogen-bond donors (Lipinski definition) is 1. The molecule has 1 amide bonds. The minimum Gasteiger partial charge on any atom is -0.467 e. The summed E-state index contributed by atoms with van der Waals surface area (Å²) in [5.74, 6) is -0.179. The van der Waals surface area contributed by atoms with E-state index in [1.165, 1.54) is 19.5 Å². The summed E-state index contributed by atoms with van der Waals surface area (Å²) in [4.78, 5) is 19.8. The Bertz CT molecular complexity index is 552. The van der Waals surface area contributed by atoms with Gasteiger partial charge in [0.05, 0.1) is 25.2 Å². The normalized spacial score (nSPS) is 9.89. The van der Waals surface area contributed by atoms with Crippen LogP contribution in [0.15, 0.2) is 36.7 Å². The van der Waals surface area contributed by atoms with Gasteiger partial charge in [-0.3, -0.25) is 4.79 Å². The zero-order valence-corrected chi connectivity index (χ0v) is 10.2. The van der Waals surface area contributed by atoms with Crippen molar-refractivity contribution < 1.29 is 9.53 Å². The lowest BCUT2D eigenvalue weighted by molar-refractivity contribution is 0.102. The highest BCUT2D eigenvalue weighted by atomic mass is 16.5. The highest BCUT2D eigenvalue weighted by Gasteiger charge is 2.08. The van der Waals surface area contributed by atoms with Crippen molar-refractivity contribution in [2.75, 3.05) is 12.4 Å². The van der Waals surface area contributed by atoms with Crippen molar-refractivity contribution in [3.8, 4) is 6.01 Å². The maximum atomic E-state index is 12.0. The molecule has 0 radical (unpaired) electrons. The van der Waals surface area contributed by atoms with Crippen LogP contribution >= 0.6 is 0 Å². The Balaban J connectivity index is 2.14. The number of hydrogen-bond acceptors (Lipinski definition) is 4. The van der Waals surface area contributed by atoms with Crippen LogP contribution in [0.4, 0.5) is 5.69 Å². The van der Waals surface area contributed by atoms with Crippen LogP contribution in [0.3, 0.4) is 0 Å². The second-order valence-corrected chi connectivity index (χ2v) is 3.73. The molecule has 5 heteroatoms. The zero-order chi connectivity index (χ0) is 13.0. The van der Waals surface area contributed by atoms with Crippen molar-refractivity contribution >= 4 is 11.6 Å². The molecule has 0 spiro atoms. The van der Waals surface area contributed by atoms with Gasteiger partial charge in [0.15, 0.2) is 0 Å². The first kappa shape index (κ1) is 12.0. The van der Waals surface area contributed by atoms with E-state index in [2.05, 4.69) is 15.3 Å². The Labute approximate surface area is 105 Å². The molecule has 0 unspecified atom stereocenters. The summed E-state index contributed by atoms with van der Waals surface area (Å²) < 4.78 is 4.84. The van der Waals surface area contributed by atoms with Crippen LogP contribution in [0.25, 0.3) is 0 Å². The second-order valence-electron chi connectivity index (χ2n) is 3.73. The molecule has 0 fully saturated rings. The number of anilines is 1. The number of carbonyl (C=O) groups excluding carboxylic acids is 1. The number of methoxy groups -OCH3 is 1. The third-order valence-corrected chi connectivity index (χ3v) is 2.46. The summed E-state index contributed by atoms with van der Waals surface area (Å²) in [6.45, 7) is 1.89. The fraction of sp³-hybridized carbons (Fsp3) is 0.154. The quantitative estimate of drug-likeness (QED) is 0.896. The van der Waals surface area contributed by atoms with Crippen LogP contribution in [0.5, 0.6) is 6.01 Å². The molecule has 1 N–H and O–H groups in total. The molecule has 0 saturated heterocycles. The minimum absolute atomic E-state index is 0.179. The Kier molecular flexibility index (Phi) is 3.52. The van der Waals surface area contributed by atoms with E-state index in [0.29, 0.717) is 11.3 Å². The van der Waals surface area contributed by atoms with Gasteiger partial charge in [-0.15, -0.1) is 0 Å². The summed E-state index contributed by atoms with van der Waals surface area (Å²) >= 11 is 0. The fourth-order valence-corrected chi connectivity index (χ4v) is 1.51. The number of benzene rings is 1. The van der Waals surface area contributed by atoms with E-state index >= 15 is 0 Å². The molecule has 0 aliphatic rings. The lowest BCUT2D eigenvalue weighted by Crippen LogP contribution is -2.13. The molecule has 1 heterocycles. The van der Waals surface area contributed by atoms with Crippen LogP contribution < -0.4 is 10.1 Å². The summed E-state index contributed by atoms with van der Waals surface area (Å²) in [6, 6.07) is 7.65. The lowest BCUT2D eigenvalue weighted by Gasteiger charge is -2.07. The van der Waals surface area contributed by atoms with Gasteiger partial charge in [-0.25, -0.2) is 9.97 Å². The Morgan fingerprint density at radius 2 is 1.89 bits per heavy atom. The fourth-order valence-electron chi connectivity index (χ4n) is 1.51. The largest absolute Gasteiger partial charge is 0.467 e. The first-order valence-electron chi connectivity index (χ1n) is 5.43. The number of nitrogens with zero attached hydrogens (tertiary/aromatic N) is 2. The molecule has 0 atom stereocenters. The van der Waals surface area contributed by atoms with E-state index < -0.39 is 0 Å². The van der Waals surface area contributed by atoms with Gasteiger partial charge in [0.25, 0.3) is 5.91 Å². The van der Waals surface area contributed by atoms with Crippen molar-refractivity contribution in [2.45, 2.75) is 6.92 Å². The van der Waals surface area contributed by atoms with E-state index in [-0.39, 0.29) is 11.9 Å². The number of amides is 1. The summed E-state index contributed by atoms with van der Waals surface area (Å²) in [5.41, 5.74) is 2.09. The van der Waals surface area contributed by atoms with Crippen LogP contribution in [-0.2, 0) is 0 Å². The van der Waals surface area contributed by atoms with Crippen molar-refractivity contribution in [2.24, 2.45) is 0 Å². The van der Waals surface area contributed by atoms with Gasteiger partial charge in [0.1, 0.15) is 0 Å². The van der Waals surface area contributed by atoms with Crippen molar-refractivity contribution in [1.29, 1.82) is 0 Å². The standard InChI is InChI=1S/C13H13N3O2/c1-9-5-3-4-6-11(9)12(17)16-10-7-14-13(18-2)15-8-10/h3-8H,1-2H3,(H,16,17). The molecule has 1 aromatic heterocycles. The Morgan fingerprint density at radius 1 is 1.22 bits per heavy atom. The smallest absolute Gasteiger partial charge is 0.316 e. The minimum atomic E-state index is -0.179. The average molecular weight is 243 g/mol. The zero-order valence-electron chi connectivity index (χ0n) is 10.2. The van der Waals surface area contributed by atoms with Crippen molar-refractivity contribution in [1.82, 2.24) is 9.97 Å². The van der Waals surface area contributed by atoms with E-state index in [4.69, 9.17) is 4.74 Å². The van der Waals surface area contributed by atoms with Crippen molar-refractivity contribution in [3.05, 3.63) is 47.8 Å². The van der Waals surface area contributed by atoms with Crippen LogP contribution in [0, 0.1) is 6.92 Å². The third kappa shape index (κ3) is 2.63. The molecule has 18 heavy (non-hydrogen) atoms. The van der Waals surface area contributed by atoms with Gasteiger partial charge >= 0.3 is 6.01 Å². The van der Waals surface area contributed by atoms with E-state index in [9.17, 15) is 4.79 Å². The maximum Gasteiger partial charge on any atom is 0.316 e. The average Bonchev–Trinajstić information content (AvgIpc) is 2.40. The van der Waals surface area contributed by atoms with Crippen LogP contribution in [0.2, 0.25) is 0 Å². The van der Waals surface area contributed by atoms with Crippen LogP contribution in [0.1, 0.15) is 15.9 Å². The van der Waals surface area contributed by atoms with Crippen molar-refractivity contribution in [3.63, 3.8) is 0 Å². The summed E-state index contributed by atoms with van der Waals surface area (Å²) in [5, 5.41) is 2.73. The number of ether oxygens (including phenoxy) is 1. The van der Waals surface area contributed by atoms with Gasteiger partial charge in [-0.2, -0.15) is 0 Å². The topological polar surface area (TPSA) is 64.1 Å². The number of carbonyl (C=O) groups is 1. The first-order chi connectivity index (χ1) is 8.70. The molecular formula is C13H13N3O2. The SMILES string of the molecule is COc1ncc(NC(=O)c2ccccc2C)cn1. The molecule has 0 aliphatic heterocycles. The molecule has 2 rings (SSSR count). The summed E-state index contributed by atoms with van der Waals surface area (Å²) in [7, 11) is 1.49. The van der Waals surface area contributed by atoms with Crippen LogP contribution in [-0.4, -0.2) is 23.0 Å². The first-order valence-corrected chi connectivity index (χ1v) is 5.43.